The molecule has 0 spiro atoms. The third kappa shape index (κ3) is 18.3. The van der Waals surface area contributed by atoms with Crippen molar-refractivity contribution in [1.29, 1.82) is 0 Å². The number of aliphatic hydroxyl groups excluding tert-OH is 2. The van der Waals surface area contributed by atoms with Gasteiger partial charge in [0.05, 0.1) is 72.7 Å². The van der Waals surface area contributed by atoms with E-state index in [0.717, 1.165) is 12.0 Å². The topological polar surface area (TPSA) is 86.6 Å². The van der Waals surface area contributed by atoms with Gasteiger partial charge in [-0.15, -0.1) is 0 Å². The molecule has 0 radical (unpaired) electrons. The van der Waals surface area contributed by atoms with Crippen LogP contribution in [0, 0.1) is 0 Å². The molecule has 0 saturated heterocycles. The molecule has 0 saturated carbocycles. The van der Waals surface area contributed by atoms with E-state index in [4.69, 9.17) is 28.8 Å². The molecule has 198 valence electrons. The molecule has 0 amide bonds. The fraction of sp³-hybridized carbons (Fsp3) is 0.778. The Morgan fingerprint density at radius 1 is 0.618 bits per heavy atom. The molecule has 1 aromatic carbocycles. The maximum absolute atomic E-state index is 10.3. The molecule has 1 rings (SSSR count). The first-order valence-electron chi connectivity index (χ1n) is 13.0. The fourth-order valence-corrected chi connectivity index (χ4v) is 3.43. The van der Waals surface area contributed by atoms with Gasteiger partial charge < -0.3 is 33.9 Å². The maximum Gasteiger partial charge on any atom is 0.102 e. The molecule has 1 unspecified atom stereocenters. The highest BCUT2D eigenvalue weighted by Gasteiger charge is 2.07. The average molecular weight is 485 g/mol. The van der Waals surface area contributed by atoms with Crippen molar-refractivity contribution in [2.24, 2.45) is 0 Å². The van der Waals surface area contributed by atoms with Gasteiger partial charge in [0.2, 0.25) is 0 Å². The Bertz CT molecular complexity index is 538. The number of unbranched alkanes of at least 4 members (excludes halogenated alkanes) is 6. The van der Waals surface area contributed by atoms with Crippen LogP contribution in [0.25, 0.3) is 0 Å². The first-order valence-corrected chi connectivity index (χ1v) is 13.0. The highest BCUT2D eigenvalue weighted by Crippen LogP contribution is 2.16. The van der Waals surface area contributed by atoms with E-state index in [1.54, 1.807) is 0 Å². The van der Waals surface area contributed by atoms with Crippen molar-refractivity contribution in [3.8, 4) is 0 Å². The van der Waals surface area contributed by atoms with Gasteiger partial charge in [0.15, 0.2) is 0 Å². The van der Waals surface area contributed by atoms with Crippen LogP contribution in [0.5, 0.6) is 0 Å². The van der Waals surface area contributed by atoms with E-state index in [1.807, 2.05) is 12.1 Å². The van der Waals surface area contributed by atoms with Gasteiger partial charge in [0.1, 0.15) is 6.10 Å². The second-order valence-electron chi connectivity index (χ2n) is 8.38. The molecule has 1 atom stereocenters. The van der Waals surface area contributed by atoms with E-state index in [1.165, 1.54) is 50.5 Å². The van der Waals surface area contributed by atoms with E-state index in [-0.39, 0.29) is 13.2 Å². The second-order valence-corrected chi connectivity index (χ2v) is 8.38. The molecule has 0 aliphatic rings. The van der Waals surface area contributed by atoms with Crippen LogP contribution in [0.3, 0.4) is 0 Å². The molecule has 7 nitrogen and oxygen atoms in total. The van der Waals surface area contributed by atoms with Crippen LogP contribution in [0.4, 0.5) is 0 Å². The number of ether oxygens (including phenoxy) is 5. The summed E-state index contributed by atoms with van der Waals surface area (Å²) in [5, 5.41) is 18.9. The largest absolute Gasteiger partial charge is 0.394 e. The van der Waals surface area contributed by atoms with Crippen molar-refractivity contribution >= 4 is 0 Å². The Morgan fingerprint density at radius 2 is 1.09 bits per heavy atom. The smallest absolute Gasteiger partial charge is 0.102 e. The lowest BCUT2D eigenvalue weighted by atomic mass is 10.0. The molecule has 7 heteroatoms. The van der Waals surface area contributed by atoms with Gasteiger partial charge in [-0.3, -0.25) is 0 Å². The van der Waals surface area contributed by atoms with Crippen molar-refractivity contribution in [1.82, 2.24) is 0 Å². The molecule has 0 aliphatic heterocycles. The van der Waals surface area contributed by atoms with Crippen LogP contribution in [-0.4, -0.2) is 82.9 Å². The van der Waals surface area contributed by atoms with Crippen molar-refractivity contribution < 1.29 is 33.9 Å². The van der Waals surface area contributed by atoms with Gasteiger partial charge in [-0.05, 0) is 24.0 Å². The summed E-state index contributed by atoms with van der Waals surface area (Å²) in [7, 11) is 0. The second kappa shape index (κ2) is 23.7. The van der Waals surface area contributed by atoms with Crippen molar-refractivity contribution in [2.45, 2.75) is 64.4 Å². The lowest BCUT2D eigenvalue weighted by Crippen LogP contribution is -2.14. The van der Waals surface area contributed by atoms with Crippen molar-refractivity contribution in [3.05, 3.63) is 35.4 Å². The summed E-state index contributed by atoms with van der Waals surface area (Å²) >= 11 is 0. The van der Waals surface area contributed by atoms with Gasteiger partial charge in [0, 0.05) is 0 Å². The third-order valence-electron chi connectivity index (χ3n) is 5.43. The number of hydrogen-bond acceptors (Lipinski definition) is 7. The van der Waals surface area contributed by atoms with Crippen molar-refractivity contribution in [3.63, 3.8) is 0 Å². The summed E-state index contributed by atoms with van der Waals surface area (Å²) < 4.78 is 26.8. The van der Waals surface area contributed by atoms with Crippen LogP contribution in [-0.2, 0) is 30.1 Å². The lowest BCUT2D eigenvalue weighted by Gasteiger charge is -2.13. The fourth-order valence-electron chi connectivity index (χ4n) is 3.43. The Morgan fingerprint density at radius 3 is 1.62 bits per heavy atom. The zero-order chi connectivity index (χ0) is 24.5. The molecule has 0 fully saturated rings. The van der Waals surface area contributed by atoms with E-state index in [2.05, 4.69) is 19.1 Å². The summed E-state index contributed by atoms with van der Waals surface area (Å²) in [5.41, 5.74) is 2.22. The lowest BCUT2D eigenvalue weighted by molar-refractivity contribution is -0.0223. The molecule has 2 N–H and O–H groups in total. The van der Waals surface area contributed by atoms with E-state index in [0.29, 0.717) is 59.5 Å². The number of aliphatic hydroxyl groups is 2. The summed E-state index contributed by atoms with van der Waals surface area (Å²) in [4.78, 5) is 0. The average Bonchev–Trinajstić information content (AvgIpc) is 2.86. The highest BCUT2D eigenvalue weighted by atomic mass is 16.6. The van der Waals surface area contributed by atoms with Gasteiger partial charge in [-0.25, -0.2) is 0 Å². The Hall–Kier alpha value is -1.06. The van der Waals surface area contributed by atoms with Crippen LogP contribution < -0.4 is 0 Å². The van der Waals surface area contributed by atoms with Crippen LogP contribution in [0.1, 0.15) is 69.1 Å². The number of aryl methyl sites for hydroxylation is 1. The van der Waals surface area contributed by atoms with E-state index in [9.17, 15) is 5.11 Å². The molecular formula is C27H48O7. The van der Waals surface area contributed by atoms with E-state index >= 15 is 0 Å². The zero-order valence-corrected chi connectivity index (χ0v) is 21.3. The number of hydrogen-bond donors (Lipinski definition) is 2. The van der Waals surface area contributed by atoms with Crippen LogP contribution in [0.2, 0.25) is 0 Å². The summed E-state index contributed by atoms with van der Waals surface area (Å²) in [5.74, 6) is 0. The first kappa shape index (κ1) is 31.0. The maximum atomic E-state index is 10.3. The molecule has 34 heavy (non-hydrogen) atoms. The predicted octanol–water partition coefficient (Wildman–Crippen LogP) is 4.09. The Balaban J connectivity index is 1.92. The Labute approximate surface area is 206 Å². The van der Waals surface area contributed by atoms with Crippen molar-refractivity contribution in [2.75, 3.05) is 72.7 Å². The van der Waals surface area contributed by atoms with Gasteiger partial charge >= 0.3 is 0 Å². The summed E-state index contributed by atoms with van der Waals surface area (Å²) in [6.45, 7) is 6.75. The predicted molar refractivity (Wildman–Crippen MR) is 134 cm³/mol. The molecule has 0 heterocycles. The van der Waals surface area contributed by atoms with E-state index < -0.39 is 6.10 Å². The summed E-state index contributed by atoms with van der Waals surface area (Å²) in [6.07, 6.45) is 9.74. The van der Waals surface area contributed by atoms with Gasteiger partial charge in [0.25, 0.3) is 0 Å². The Kier molecular flexibility index (Phi) is 21.6. The van der Waals surface area contributed by atoms with Crippen LogP contribution >= 0.6 is 0 Å². The normalized spacial score (nSPS) is 12.3. The minimum absolute atomic E-state index is 0.0297. The standard InChI is InChI=1S/C27H48O7/c1-2-3-4-5-6-7-8-9-25-10-12-26(13-11-25)27(29)24-34-23-22-33-21-20-32-19-18-31-17-16-30-15-14-28/h10-13,27-29H,2-9,14-24H2,1H3. The minimum atomic E-state index is -0.620. The molecule has 0 aliphatic carbocycles. The van der Waals surface area contributed by atoms with Gasteiger partial charge in [-0.2, -0.15) is 0 Å². The monoisotopic (exact) mass is 484 g/mol. The van der Waals surface area contributed by atoms with Gasteiger partial charge in [-0.1, -0.05) is 69.7 Å². The van der Waals surface area contributed by atoms with Crippen LogP contribution in [0.15, 0.2) is 24.3 Å². The zero-order valence-electron chi connectivity index (χ0n) is 21.3. The SMILES string of the molecule is CCCCCCCCCc1ccc(C(O)COCCOCCOCCOCCOCCO)cc1. The first-order chi connectivity index (χ1) is 16.8. The highest BCUT2D eigenvalue weighted by molar-refractivity contribution is 5.24. The molecular weight excluding hydrogens is 436 g/mol. The number of rotatable bonds is 25. The summed E-state index contributed by atoms with van der Waals surface area (Å²) in [6, 6.07) is 8.25. The third-order valence-corrected chi connectivity index (χ3v) is 5.43. The molecule has 0 bridgehead atoms. The minimum Gasteiger partial charge on any atom is -0.394 e. The number of benzene rings is 1. The molecule has 0 aromatic heterocycles. The quantitative estimate of drug-likeness (QED) is 0.202. The molecule has 1 aromatic rings.